The van der Waals surface area contributed by atoms with Crippen molar-refractivity contribution in [3.63, 3.8) is 0 Å². The SMILES string of the molecule is Cc1ccccc1C(C)Nc1ccc(C#N)cc1. The Morgan fingerprint density at radius 3 is 2.33 bits per heavy atom. The fourth-order valence-electron chi connectivity index (χ4n) is 2.04. The summed E-state index contributed by atoms with van der Waals surface area (Å²) < 4.78 is 0. The lowest BCUT2D eigenvalue weighted by atomic mass is 10.0. The third-order valence-corrected chi connectivity index (χ3v) is 3.05. The van der Waals surface area contributed by atoms with E-state index in [0.717, 1.165) is 5.69 Å². The largest absolute Gasteiger partial charge is 0.379 e. The molecule has 2 aromatic rings. The first-order chi connectivity index (χ1) is 8.70. The van der Waals surface area contributed by atoms with E-state index in [4.69, 9.17) is 5.26 Å². The molecule has 0 aliphatic heterocycles. The van der Waals surface area contributed by atoms with Crippen LogP contribution in [0.1, 0.15) is 29.7 Å². The normalized spacial score (nSPS) is 11.6. The Bertz CT molecular complexity index is 564. The summed E-state index contributed by atoms with van der Waals surface area (Å²) in [5.41, 5.74) is 4.29. The Hall–Kier alpha value is -2.27. The molecule has 0 saturated carbocycles. The molecule has 90 valence electrons. The van der Waals surface area contributed by atoms with E-state index in [0.29, 0.717) is 5.56 Å². The fourth-order valence-corrected chi connectivity index (χ4v) is 2.04. The van der Waals surface area contributed by atoms with Crippen LogP contribution in [0.25, 0.3) is 0 Å². The number of anilines is 1. The third-order valence-electron chi connectivity index (χ3n) is 3.05. The van der Waals surface area contributed by atoms with Crippen molar-refractivity contribution in [2.24, 2.45) is 0 Å². The van der Waals surface area contributed by atoms with Crippen LogP contribution in [0.2, 0.25) is 0 Å². The van der Waals surface area contributed by atoms with Gasteiger partial charge in [-0.3, -0.25) is 0 Å². The smallest absolute Gasteiger partial charge is 0.0991 e. The molecule has 0 heterocycles. The van der Waals surface area contributed by atoms with Gasteiger partial charge in [0.2, 0.25) is 0 Å². The highest BCUT2D eigenvalue weighted by Gasteiger charge is 2.07. The van der Waals surface area contributed by atoms with E-state index < -0.39 is 0 Å². The minimum Gasteiger partial charge on any atom is -0.379 e. The van der Waals surface area contributed by atoms with Gasteiger partial charge in [0.05, 0.1) is 11.6 Å². The van der Waals surface area contributed by atoms with Gasteiger partial charge in [-0.05, 0) is 49.2 Å². The van der Waals surface area contributed by atoms with Gasteiger partial charge in [-0.25, -0.2) is 0 Å². The zero-order valence-corrected chi connectivity index (χ0v) is 10.6. The topological polar surface area (TPSA) is 35.8 Å². The van der Waals surface area contributed by atoms with Gasteiger partial charge in [0.15, 0.2) is 0 Å². The average molecular weight is 236 g/mol. The minimum absolute atomic E-state index is 0.249. The van der Waals surface area contributed by atoms with Gasteiger partial charge in [-0.2, -0.15) is 5.26 Å². The first-order valence-corrected chi connectivity index (χ1v) is 6.03. The molecule has 2 aromatic carbocycles. The number of rotatable bonds is 3. The Morgan fingerprint density at radius 1 is 1.06 bits per heavy atom. The maximum absolute atomic E-state index is 8.75. The summed E-state index contributed by atoms with van der Waals surface area (Å²) >= 11 is 0. The van der Waals surface area contributed by atoms with E-state index in [-0.39, 0.29) is 6.04 Å². The quantitative estimate of drug-likeness (QED) is 0.873. The Balaban J connectivity index is 2.14. The summed E-state index contributed by atoms with van der Waals surface area (Å²) in [7, 11) is 0. The second-order valence-electron chi connectivity index (χ2n) is 4.41. The van der Waals surface area contributed by atoms with Crippen molar-refractivity contribution in [2.45, 2.75) is 19.9 Å². The van der Waals surface area contributed by atoms with E-state index in [2.05, 4.69) is 43.4 Å². The van der Waals surface area contributed by atoms with E-state index >= 15 is 0 Å². The van der Waals surface area contributed by atoms with Crippen LogP contribution in [-0.2, 0) is 0 Å². The molecule has 18 heavy (non-hydrogen) atoms. The Morgan fingerprint density at radius 2 is 1.72 bits per heavy atom. The zero-order chi connectivity index (χ0) is 13.0. The van der Waals surface area contributed by atoms with Crippen molar-refractivity contribution < 1.29 is 0 Å². The summed E-state index contributed by atoms with van der Waals surface area (Å²) in [5, 5.41) is 12.2. The number of nitriles is 1. The van der Waals surface area contributed by atoms with Crippen LogP contribution in [0.4, 0.5) is 5.69 Å². The van der Waals surface area contributed by atoms with Crippen LogP contribution in [0.3, 0.4) is 0 Å². The summed E-state index contributed by atoms with van der Waals surface area (Å²) in [6.07, 6.45) is 0. The summed E-state index contributed by atoms with van der Waals surface area (Å²) in [6.45, 7) is 4.26. The van der Waals surface area contributed by atoms with E-state index in [9.17, 15) is 0 Å². The van der Waals surface area contributed by atoms with Crippen molar-refractivity contribution in [1.29, 1.82) is 5.26 Å². The molecule has 0 aliphatic rings. The van der Waals surface area contributed by atoms with Crippen LogP contribution >= 0.6 is 0 Å². The zero-order valence-electron chi connectivity index (χ0n) is 10.6. The van der Waals surface area contributed by atoms with Gasteiger partial charge in [0.25, 0.3) is 0 Å². The summed E-state index contributed by atoms with van der Waals surface area (Å²) in [4.78, 5) is 0. The molecule has 1 unspecified atom stereocenters. The molecule has 1 atom stereocenters. The molecule has 0 spiro atoms. The first kappa shape index (κ1) is 12.2. The molecule has 0 radical (unpaired) electrons. The van der Waals surface area contributed by atoms with Crippen molar-refractivity contribution >= 4 is 5.69 Å². The average Bonchev–Trinajstić information content (AvgIpc) is 2.40. The molecule has 2 nitrogen and oxygen atoms in total. The molecule has 0 aromatic heterocycles. The van der Waals surface area contributed by atoms with Gasteiger partial charge in [-0.15, -0.1) is 0 Å². The Kier molecular flexibility index (Phi) is 3.64. The standard InChI is InChI=1S/C16H16N2/c1-12-5-3-4-6-16(12)13(2)18-15-9-7-14(11-17)8-10-15/h3-10,13,18H,1-2H3. The number of nitrogens with one attached hydrogen (secondary N) is 1. The third kappa shape index (κ3) is 2.70. The molecular formula is C16H16N2. The van der Waals surface area contributed by atoms with Gasteiger partial charge in [0, 0.05) is 11.7 Å². The molecule has 0 aliphatic carbocycles. The molecule has 0 bridgehead atoms. The van der Waals surface area contributed by atoms with Crippen LogP contribution in [0, 0.1) is 18.3 Å². The molecule has 0 saturated heterocycles. The highest BCUT2D eigenvalue weighted by atomic mass is 14.9. The van der Waals surface area contributed by atoms with Crippen LogP contribution in [-0.4, -0.2) is 0 Å². The van der Waals surface area contributed by atoms with Gasteiger partial charge >= 0.3 is 0 Å². The van der Waals surface area contributed by atoms with Crippen LogP contribution in [0.15, 0.2) is 48.5 Å². The van der Waals surface area contributed by atoms with Gasteiger partial charge in [-0.1, -0.05) is 24.3 Å². The van der Waals surface area contributed by atoms with Crippen molar-refractivity contribution in [3.8, 4) is 6.07 Å². The molecular weight excluding hydrogens is 220 g/mol. The van der Waals surface area contributed by atoms with E-state index in [1.165, 1.54) is 11.1 Å². The molecule has 0 amide bonds. The predicted molar refractivity (Wildman–Crippen MR) is 74.4 cm³/mol. The number of nitrogens with zero attached hydrogens (tertiary/aromatic N) is 1. The second kappa shape index (κ2) is 5.37. The van der Waals surface area contributed by atoms with Crippen molar-refractivity contribution in [3.05, 3.63) is 65.2 Å². The van der Waals surface area contributed by atoms with Crippen molar-refractivity contribution in [2.75, 3.05) is 5.32 Å². The number of benzene rings is 2. The number of aryl methyl sites for hydroxylation is 1. The predicted octanol–water partition coefficient (Wildman–Crippen LogP) is 4.04. The first-order valence-electron chi connectivity index (χ1n) is 6.03. The van der Waals surface area contributed by atoms with Crippen molar-refractivity contribution in [1.82, 2.24) is 0 Å². The van der Waals surface area contributed by atoms with Gasteiger partial charge < -0.3 is 5.32 Å². The summed E-state index contributed by atoms with van der Waals surface area (Å²) in [5.74, 6) is 0. The molecule has 1 N–H and O–H groups in total. The van der Waals surface area contributed by atoms with E-state index in [1.807, 2.05) is 30.3 Å². The van der Waals surface area contributed by atoms with E-state index in [1.54, 1.807) is 0 Å². The lowest BCUT2D eigenvalue weighted by Crippen LogP contribution is -2.07. The second-order valence-corrected chi connectivity index (χ2v) is 4.41. The maximum Gasteiger partial charge on any atom is 0.0991 e. The van der Waals surface area contributed by atoms with Crippen LogP contribution < -0.4 is 5.32 Å². The number of hydrogen-bond acceptors (Lipinski definition) is 2. The Labute approximate surface area is 108 Å². The monoisotopic (exact) mass is 236 g/mol. The highest BCUT2D eigenvalue weighted by molar-refractivity contribution is 5.49. The molecule has 2 rings (SSSR count). The lowest BCUT2D eigenvalue weighted by molar-refractivity contribution is 0.874. The molecule has 0 fully saturated rings. The maximum atomic E-state index is 8.75. The lowest BCUT2D eigenvalue weighted by Gasteiger charge is -2.17. The van der Waals surface area contributed by atoms with Crippen LogP contribution in [0.5, 0.6) is 0 Å². The number of hydrogen-bond donors (Lipinski definition) is 1. The highest BCUT2D eigenvalue weighted by Crippen LogP contribution is 2.21. The fraction of sp³-hybridized carbons (Fsp3) is 0.188. The molecule has 2 heteroatoms. The summed E-state index contributed by atoms with van der Waals surface area (Å²) in [6, 6.07) is 18.3. The minimum atomic E-state index is 0.249. The van der Waals surface area contributed by atoms with Gasteiger partial charge in [0.1, 0.15) is 0 Å².